The van der Waals surface area contributed by atoms with Crippen LogP contribution in [0.2, 0.25) is 0 Å². The number of nitrogens with one attached hydrogen (secondary N) is 1. The molecule has 0 radical (unpaired) electrons. The molecule has 1 saturated heterocycles. The Morgan fingerprint density at radius 2 is 2.00 bits per heavy atom. The molecule has 0 saturated carbocycles. The van der Waals surface area contributed by atoms with Crippen molar-refractivity contribution >= 4 is 17.3 Å². The molecule has 0 aliphatic carbocycles. The first-order chi connectivity index (χ1) is 13.2. The summed E-state index contributed by atoms with van der Waals surface area (Å²) in [6.45, 7) is 5.14. The first-order valence-corrected chi connectivity index (χ1v) is 8.92. The highest BCUT2D eigenvalue weighted by molar-refractivity contribution is 6.05. The summed E-state index contributed by atoms with van der Waals surface area (Å²) < 4.78 is 7.06. The number of aromatic nitrogens is 3. The summed E-state index contributed by atoms with van der Waals surface area (Å²) >= 11 is 0. The number of benzene rings is 1. The normalized spacial score (nSPS) is 14.2. The van der Waals surface area contributed by atoms with E-state index in [9.17, 15) is 4.79 Å². The van der Waals surface area contributed by atoms with Crippen molar-refractivity contribution in [1.82, 2.24) is 14.8 Å². The first-order valence-electron chi connectivity index (χ1n) is 8.92. The van der Waals surface area contributed by atoms with Gasteiger partial charge in [-0.05, 0) is 42.8 Å². The molecule has 7 heteroatoms. The Labute approximate surface area is 157 Å². The number of aryl methyl sites for hydroxylation is 1. The Morgan fingerprint density at radius 1 is 1.15 bits per heavy atom. The number of hydrogen-bond acceptors (Lipinski definition) is 5. The number of carbonyl (C=O) groups excluding carboxylic acids is 1. The van der Waals surface area contributed by atoms with Crippen molar-refractivity contribution in [2.75, 3.05) is 36.5 Å². The van der Waals surface area contributed by atoms with E-state index in [1.807, 2.05) is 30.3 Å². The van der Waals surface area contributed by atoms with Gasteiger partial charge < -0.3 is 15.0 Å². The van der Waals surface area contributed by atoms with E-state index in [2.05, 4.69) is 27.2 Å². The molecule has 1 amide bonds. The van der Waals surface area contributed by atoms with Crippen LogP contribution >= 0.6 is 0 Å². The fourth-order valence-corrected chi connectivity index (χ4v) is 3.16. The summed E-state index contributed by atoms with van der Waals surface area (Å²) in [5.74, 6) is 0.405. The molecule has 138 valence electrons. The molecule has 1 aliphatic rings. The van der Waals surface area contributed by atoms with Gasteiger partial charge in [-0.2, -0.15) is 5.10 Å². The van der Waals surface area contributed by atoms with Gasteiger partial charge in [-0.15, -0.1) is 0 Å². The Kier molecular flexibility index (Phi) is 4.84. The average Bonchev–Trinajstić information content (AvgIpc) is 3.24. The van der Waals surface area contributed by atoms with Crippen LogP contribution in [0.25, 0.3) is 5.82 Å². The predicted octanol–water partition coefficient (Wildman–Crippen LogP) is 2.66. The van der Waals surface area contributed by atoms with Crippen LogP contribution in [0.1, 0.15) is 15.9 Å². The van der Waals surface area contributed by atoms with Gasteiger partial charge in [0.2, 0.25) is 0 Å². The molecule has 0 bridgehead atoms. The van der Waals surface area contributed by atoms with E-state index in [0.29, 0.717) is 30.3 Å². The van der Waals surface area contributed by atoms with Crippen molar-refractivity contribution in [2.24, 2.45) is 0 Å². The van der Waals surface area contributed by atoms with Gasteiger partial charge in [0.05, 0.1) is 18.9 Å². The summed E-state index contributed by atoms with van der Waals surface area (Å²) in [7, 11) is 0. The number of amides is 1. The minimum Gasteiger partial charge on any atom is -0.378 e. The lowest BCUT2D eigenvalue weighted by Crippen LogP contribution is -2.36. The topological polar surface area (TPSA) is 72.3 Å². The van der Waals surface area contributed by atoms with Crippen molar-refractivity contribution in [3.63, 3.8) is 0 Å². The molecule has 7 nitrogen and oxygen atoms in total. The number of rotatable bonds is 4. The van der Waals surface area contributed by atoms with Crippen LogP contribution in [0.4, 0.5) is 11.4 Å². The number of morpholine rings is 1. The second-order valence-electron chi connectivity index (χ2n) is 6.38. The Morgan fingerprint density at radius 3 is 2.78 bits per heavy atom. The van der Waals surface area contributed by atoms with Gasteiger partial charge in [0.25, 0.3) is 5.91 Å². The van der Waals surface area contributed by atoms with Gasteiger partial charge in [-0.3, -0.25) is 4.79 Å². The zero-order valence-corrected chi connectivity index (χ0v) is 15.1. The molecular formula is C20H21N5O2. The number of anilines is 2. The standard InChI is InChI=1S/C20H21N5O2/c1-15-5-6-16(14-18(15)24-10-12-27-13-11-24)20(26)23-17-4-2-7-21-19(17)25-9-3-8-22-25/h2-9,14H,10-13H2,1H3,(H,23,26). The monoisotopic (exact) mass is 363 g/mol. The minimum absolute atomic E-state index is 0.175. The van der Waals surface area contributed by atoms with E-state index >= 15 is 0 Å². The molecule has 1 fully saturated rings. The molecule has 4 rings (SSSR count). The van der Waals surface area contributed by atoms with E-state index < -0.39 is 0 Å². The Balaban J connectivity index is 1.59. The second kappa shape index (κ2) is 7.59. The largest absolute Gasteiger partial charge is 0.378 e. The van der Waals surface area contributed by atoms with E-state index in [0.717, 1.165) is 24.3 Å². The van der Waals surface area contributed by atoms with Crippen LogP contribution in [0, 0.1) is 6.92 Å². The Bertz CT molecular complexity index is 933. The molecule has 0 spiro atoms. The molecule has 0 atom stereocenters. The van der Waals surface area contributed by atoms with Crippen LogP contribution in [0.15, 0.2) is 55.0 Å². The first kappa shape index (κ1) is 17.2. The van der Waals surface area contributed by atoms with Gasteiger partial charge in [-0.1, -0.05) is 6.07 Å². The van der Waals surface area contributed by atoms with Gasteiger partial charge in [-0.25, -0.2) is 9.67 Å². The van der Waals surface area contributed by atoms with E-state index in [1.165, 1.54) is 0 Å². The quantitative estimate of drug-likeness (QED) is 0.772. The van der Waals surface area contributed by atoms with Crippen molar-refractivity contribution in [1.29, 1.82) is 0 Å². The summed E-state index contributed by atoms with van der Waals surface area (Å²) in [4.78, 5) is 19.5. The summed E-state index contributed by atoms with van der Waals surface area (Å²) in [5.41, 5.74) is 3.44. The van der Waals surface area contributed by atoms with Crippen molar-refractivity contribution < 1.29 is 9.53 Å². The lowest BCUT2D eigenvalue weighted by Gasteiger charge is -2.30. The highest BCUT2D eigenvalue weighted by Crippen LogP contribution is 2.24. The maximum absolute atomic E-state index is 12.9. The van der Waals surface area contributed by atoms with Crippen molar-refractivity contribution in [2.45, 2.75) is 6.92 Å². The zero-order valence-electron chi connectivity index (χ0n) is 15.1. The second-order valence-corrected chi connectivity index (χ2v) is 6.38. The third-order valence-electron chi connectivity index (χ3n) is 4.58. The average molecular weight is 363 g/mol. The predicted molar refractivity (Wildman–Crippen MR) is 104 cm³/mol. The summed E-state index contributed by atoms with van der Waals surface area (Å²) in [5, 5.41) is 7.16. The highest BCUT2D eigenvalue weighted by atomic mass is 16.5. The molecule has 1 N–H and O–H groups in total. The molecule has 1 aromatic carbocycles. The molecular weight excluding hydrogens is 342 g/mol. The fraction of sp³-hybridized carbons (Fsp3) is 0.250. The molecule has 1 aliphatic heterocycles. The van der Waals surface area contributed by atoms with Crippen LogP contribution < -0.4 is 10.2 Å². The number of nitrogens with zero attached hydrogens (tertiary/aromatic N) is 4. The maximum Gasteiger partial charge on any atom is 0.255 e. The number of hydrogen-bond donors (Lipinski definition) is 1. The van der Waals surface area contributed by atoms with Gasteiger partial charge >= 0.3 is 0 Å². The Hall–Kier alpha value is -3.19. The van der Waals surface area contributed by atoms with E-state index in [4.69, 9.17) is 4.74 Å². The zero-order chi connectivity index (χ0) is 18.6. The van der Waals surface area contributed by atoms with Crippen LogP contribution in [0.3, 0.4) is 0 Å². The maximum atomic E-state index is 12.9. The minimum atomic E-state index is -0.175. The fourth-order valence-electron chi connectivity index (χ4n) is 3.16. The smallest absolute Gasteiger partial charge is 0.255 e. The van der Waals surface area contributed by atoms with Gasteiger partial charge in [0.1, 0.15) is 0 Å². The molecule has 2 aromatic heterocycles. The molecule has 3 aromatic rings. The van der Waals surface area contributed by atoms with E-state index in [1.54, 1.807) is 29.3 Å². The summed E-state index contributed by atoms with van der Waals surface area (Å²) in [6, 6.07) is 11.2. The number of ether oxygens (including phenoxy) is 1. The third kappa shape index (κ3) is 3.68. The SMILES string of the molecule is Cc1ccc(C(=O)Nc2cccnc2-n2cccn2)cc1N1CCOCC1. The van der Waals surface area contributed by atoms with Crippen LogP contribution in [-0.2, 0) is 4.74 Å². The summed E-state index contributed by atoms with van der Waals surface area (Å²) in [6.07, 6.45) is 5.14. The lowest BCUT2D eigenvalue weighted by atomic mass is 10.1. The van der Waals surface area contributed by atoms with Crippen LogP contribution in [0.5, 0.6) is 0 Å². The third-order valence-corrected chi connectivity index (χ3v) is 4.58. The molecule has 0 unspecified atom stereocenters. The van der Waals surface area contributed by atoms with E-state index in [-0.39, 0.29) is 5.91 Å². The highest BCUT2D eigenvalue weighted by Gasteiger charge is 2.17. The number of carbonyl (C=O) groups is 1. The molecule has 3 heterocycles. The van der Waals surface area contributed by atoms with Gasteiger partial charge in [0.15, 0.2) is 5.82 Å². The lowest BCUT2D eigenvalue weighted by molar-refractivity contribution is 0.102. The number of pyridine rings is 1. The van der Waals surface area contributed by atoms with Crippen molar-refractivity contribution in [3.8, 4) is 5.82 Å². The van der Waals surface area contributed by atoms with Crippen LogP contribution in [-0.4, -0.2) is 47.0 Å². The van der Waals surface area contributed by atoms with Crippen molar-refractivity contribution in [3.05, 3.63) is 66.1 Å². The molecule has 27 heavy (non-hydrogen) atoms. The van der Waals surface area contributed by atoms with Gasteiger partial charge in [0, 0.05) is 42.9 Å².